The standard InChI is InChI=1S/C17H20N4O.ClH/c22-17(13-9-19-20-10-13)21-14-5-3-12(4-6-14)15-7-16(15)18-8-11-1-2-11;/h3-6,9-11,15-16,18H,1-2,7-8H2,(H,19,20)(H,21,22);1H/t15-,16+;/m0./s1. The van der Waals surface area contributed by atoms with Crippen molar-refractivity contribution in [3.63, 3.8) is 0 Å². The van der Waals surface area contributed by atoms with Gasteiger partial charge < -0.3 is 10.6 Å². The van der Waals surface area contributed by atoms with Crippen molar-refractivity contribution in [1.29, 1.82) is 0 Å². The van der Waals surface area contributed by atoms with E-state index in [1.165, 1.54) is 37.6 Å². The highest BCUT2D eigenvalue weighted by atomic mass is 35.5. The van der Waals surface area contributed by atoms with E-state index in [2.05, 4.69) is 33.0 Å². The number of hydrogen-bond donors (Lipinski definition) is 3. The Balaban J connectivity index is 0.00000156. The zero-order chi connectivity index (χ0) is 14.9. The van der Waals surface area contributed by atoms with Crippen molar-refractivity contribution in [2.24, 2.45) is 5.92 Å². The third-order valence-electron chi connectivity index (χ3n) is 4.51. The van der Waals surface area contributed by atoms with E-state index in [-0.39, 0.29) is 18.3 Å². The molecular formula is C17H21ClN4O. The largest absolute Gasteiger partial charge is 0.322 e. The van der Waals surface area contributed by atoms with Gasteiger partial charge in [-0.25, -0.2) is 0 Å². The molecule has 0 bridgehead atoms. The van der Waals surface area contributed by atoms with Crippen molar-refractivity contribution in [2.45, 2.75) is 31.2 Å². The van der Waals surface area contributed by atoms with Crippen molar-refractivity contribution < 1.29 is 4.79 Å². The summed E-state index contributed by atoms with van der Waals surface area (Å²) in [5.41, 5.74) is 2.71. The molecule has 0 unspecified atom stereocenters. The maximum atomic E-state index is 11.9. The fourth-order valence-corrected chi connectivity index (χ4v) is 2.82. The molecule has 4 rings (SSSR count). The van der Waals surface area contributed by atoms with Gasteiger partial charge in [0.1, 0.15) is 0 Å². The number of rotatable bonds is 6. The molecule has 0 aliphatic heterocycles. The van der Waals surface area contributed by atoms with Crippen LogP contribution in [0.1, 0.15) is 41.1 Å². The number of nitrogens with one attached hydrogen (secondary N) is 3. The normalized spacial score (nSPS) is 22.3. The van der Waals surface area contributed by atoms with Gasteiger partial charge in [-0.1, -0.05) is 12.1 Å². The Bertz CT molecular complexity index is 652. The molecule has 2 saturated carbocycles. The number of amides is 1. The number of H-pyrrole nitrogens is 1. The summed E-state index contributed by atoms with van der Waals surface area (Å²) in [5.74, 6) is 1.43. The van der Waals surface area contributed by atoms with Crippen LogP contribution in [-0.4, -0.2) is 28.7 Å². The number of nitrogens with zero attached hydrogens (tertiary/aromatic N) is 1. The van der Waals surface area contributed by atoms with Crippen LogP contribution in [0, 0.1) is 5.92 Å². The summed E-state index contributed by atoms with van der Waals surface area (Å²) in [5, 5.41) is 12.9. The van der Waals surface area contributed by atoms with Crippen molar-refractivity contribution in [2.75, 3.05) is 11.9 Å². The molecule has 6 heteroatoms. The van der Waals surface area contributed by atoms with Crippen LogP contribution in [0.4, 0.5) is 5.69 Å². The van der Waals surface area contributed by atoms with Crippen LogP contribution < -0.4 is 10.6 Å². The van der Waals surface area contributed by atoms with E-state index in [4.69, 9.17) is 0 Å². The van der Waals surface area contributed by atoms with Crippen LogP contribution in [0.5, 0.6) is 0 Å². The summed E-state index contributed by atoms with van der Waals surface area (Å²) < 4.78 is 0. The van der Waals surface area contributed by atoms with E-state index in [0.717, 1.165) is 11.6 Å². The fourth-order valence-electron chi connectivity index (χ4n) is 2.82. The molecule has 1 aromatic heterocycles. The van der Waals surface area contributed by atoms with Crippen LogP contribution in [0.25, 0.3) is 0 Å². The van der Waals surface area contributed by atoms with E-state index in [9.17, 15) is 4.79 Å². The maximum absolute atomic E-state index is 11.9. The van der Waals surface area contributed by atoms with Gasteiger partial charge in [-0.2, -0.15) is 5.10 Å². The third kappa shape index (κ3) is 3.92. The molecule has 2 aliphatic rings. The summed E-state index contributed by atoms with van der Waals surface area (Å²) >= 11 is 0. The molecule has 3 N–H and O–H groups in total. The summed E-state index contributed by atoms with van der Waals surface area (Å²) in [6, 6.07) is 8.84. The minimum absolute atomic E-state index is 0. The Morgan fingerprint density at radius 3 is 2.70 bits per heavy atom. The molecule has 23 heavy (non-hydrogen) atoms. The summed E-state index contributed by atoms with van der Waals surface area (Å²) in [4.78, 5) is 11.9. The second-order valence-electron chi connectivity index (χ2n) is 6.36. The van der Waals surface area contributed by atoms with Crippen LogP contribution in [-0.2, 0) is 0 Å². The van der Waals surface area contributed by atoms with Crippen molar-refractivity contribution in [3.05, 3.63) is 47.8 Å². The zero-order valence-corrected chi connectivity index (χ0v) is 13.6. The zero-order valence-electron chi connectivity index (χ0n) is 12.8. The number of carbonyl (C=O) groups is 1. The van der Waals surface area contributed by atoms with Crippen LogP contribution in [0.15, 0.2) is 36.7 Å². The fraction of sp³-hybridized carbons (Fsp3) is 0.412. The Hall–Kier alpha value is -1.85. The SMILES string of the molecule is Cl.O=C(Nc1ccc([C@@H]2C[C@H]2NCC2CC2)cc1)c1cn[nH]c1. The molecule has 2 aromatic rings. The minimum atomic E-state index is -0.142. The Morgan fingerprint density at radius 1 is 1.26 bits per heavy atom. The van der Waals surface area contributed by atoms with Gasteiger partial charge in [0.05, 0.1) is 11.8 Å². The molecule has 2 atom stereocenters. The van der Waals surface area contributed by atoms with Crippen LogP contribution >= 0.6 is 12.4 Å². The first-order chi connectivity index (χ1) is 10.8. The van der Waals surface area contributed by atoms with Gasteiger partial charge in [-0.3, -0.25) is 9.89 Å². The summed E-state index contributed by atoms with van der Waals surface area (Å²) in [6.07, 6.45) is 7.13. The lowest BCUT2D eigenvalue weighted by molar-refractivity contribution is 0.102. The molecule has 2 fully saturated rings. The second-order valence-corrected chi connectivity index (χ2v) is 6.36. The quantitative estimate of drug-likeness (QED) is 0.761. The van der Waals surface area contributed by atoms with Crippen LogP contribution in [0.3, 0.4) is 0 Å². The minimum Gasteiger partial charge on any atom is -0.322 e. The average Bonchev–Trinajstić information content (AvgIpc) is 3.44. The van der Waals surface area contributed by atoms with Gasteiger partial charge in [0.25, 0.3) is 5.91 Å². The van der Waals surface area contributed by atoms with E-state index >= 15 is 0 Å². The van der Waals surface area contributed by atoms with Gasteiger partial charge in [-0.05, 0) is 49.4 Å². The molecule has 1 heterocycles. The van der Waals surface area contributed by atoms with Crippen molar-refractivity contribution >= 4 is 24.0 Å². The van der Waals surface area contributed by atoms with E-state index in [1.807, 2.05) is 12.1 Å². The molecule has 122 valence electrons. The number of hydrogen-bond acceptors (Lipinski definition) is 3. The number of benzene rings is 1. The van der Waals surface area contributed by atoms with E-state index < -0.39 is 0 Å². The highest BCUT2D eigenvalue weighted by Gasteiger charge is 2.38. The lowest BCUT2D eigenvalue weighted by Gasteiger charge is -2.06. The van der Waals surface area contributed by atoms with Gasteiger partial charge in [0.2, 0.25) is 0 Å². The lowest BCUT2D eigenvalue weighted by Crippen LogP contribution is -2.20. The first kappa shape index (κ1) is 16.0. The lowest BCUT2D eigenvalue weighted by atomic mass is 10.1. The monoisotopic (exact) mass is 332 g/mol. The maximum Gasteiger partial charge on any atom is 0.258 e. The predicted octanol–water partition coefficient (Wildman–Crippen LogP) is 2.94. The highest BCUT2D eigenvalue weighted by Crippen LogP contribution is 2.41. The first-order valence-corrected chi connectivity index (χ1v) is 7.93. The summed E-state index contributed by atoms with van der Waals surface area (Å²) in [7, 11) is 0. The number of aromatic nitrogens is 2. The third-order valence-corrected chi connectivity index (χ3v) is 4.51. The number of anilines is 1. The first-order valence-electron chi connectivity index (χ1n) is 7.93. The molecule has 0 spiro atoms. The molecule has 0 saturated heterocycles. The Kier molecular flexibility index (Phi) is 4.68. The van der Waals surface area contributed by atoms with Gasteiger partial charge >= 0.3 is 0 Å². The molecule has 1 aromatic carbocycles. The summed E-state index contributed by atoms with van der Waals surface area (Å²) in [6.45, 7) is 1.18. The second kappa shape index (κ2) is 6.72. The number of halogens is 1. The molecule has 0 radical (unpaired) electrons. The predicted molar refractivity (Wildman–Crippen MR) is 92.1 cm³/mol. The van der Waals surface area contributed by atoms with E-state index in [1.54, 1.807) is 6.20 Å². The van der Waals surface area contributed by atoms with E-state index in [0.29, 0.717) is 17.5 Å². The Morgan fingerprint density at radius 2 is 2.04 bits per heavy atom. The topological polar surface area (TPSA) is 69.8 Å². The number of aromatic amines is 1. The number of carbonyl (C=O) groups excluding carboxylic acids is 1. The molecule has 2 aliphatic carbocycles. The molecule has 1 amide bonds. The van der Waals surface area contributed by atoms with Crippen molar-refractivity contribution in [1.82, 2.24) is 15.5 Å². The highest BCUT2D eigenvalue weighted by molar-refractivity contribution is 6.03. The van der Waals surface area contributed by atoms with Gasteiger partial charge in [-0.15, -0.1) is 12.4 Å². The van der Waals surface area contributed by atoms with Crippen LogP contribution in [0.2, 0.25) is 0 Å². The Labute approximate surface area is 141 Å². The molecule has 5 nitrogen and oxygen atoms in total. The molecular weight excluding hydrogens is 312 g/mol. The van der Waals surface area contributed by atoms with Crippen molar-refractivity contribution in [3.8, 4) is 0 Å². The van der Waals surface area contributed by atoms with Gasteiger partial charge in [0.15, 0.2) is 0 Å². The van der Waals surface area contributed by atoms with Gasteiger partial charge in [0, 0.05) is 23.8 Å². The average molecular weight is 333 g/mol. The smallest absolute Gasteiger partial charge is 0.258 e.